The van der Waals surface area contributed by atoms with Crippen LogP contribution in [0.5, 0.6) is 0 Å². The smallest absolute Gasteiger partial charge is 0.257 e. The number of piperazine rings is 1. The van der Waals surface area contributed by atoms with Crippen molar-refractivity contribution in [2.75, 3.05) is 36.4 Å². The van der Waals surface area contributed by atoms with E-state index >= 15 is 0 Å². The molecule has 0 atom stereocenters. The largest absolute Gasteiger partial charge is 0.353 e. The fraction of sp³-hybridized carbons (Fsp3) is 0.190. The molecular formula is C21H19BrClN5O3S. The first-order valence-corrected chi connectivity index (χ1v) is 12.3. The Balaban J connectivity index is 1.42. The average Bonchev–Trinajstić information content (AvgIpc) is 2.81. The van der Waals surface area contributed by atoms with Gasteiger partial charge in [-0.15, -0.1) is 0 Å². The number of aromatic nitrogens is 2. The Labute approximate surface area is 199 Å². The number of hydrogen-bond donors (Lipinski definition) is 1. The molecule has 0 saturated carbocycles. The molecule has 0 radical (unpaired) electrons. The lowest BCUT2D eigenvalue weighted by atomic mass is 10.2. The normalized spacial score (nSPS) is 14.9. The van der Waals surface area contributed by atoms with Crippen LogP contribution in [0, 0.1) is 0 Å². The number of nitrogens with zero attached hydrogens (tertiary/aromatic N) is 4. The molecule has 1 fully saturated rings. The molecule has 0 aliphatic carbocycles. The summed E-state index contributed by atoms with van der Waals surface area (Å²) < 4.78 is 28.3. The molecule has 0 spiro atoms. The highest BCUT2D eigenvalue weighted by Crippen LogP contribution is 2.24. The fourth-order valence-corrected chi connectivity index (χ4v) is 5.33. The summed E-state index contributed by atoms with van der Waals surface area (Å²) in [6.07, 6.45) is 4.88. The van der Waals surface area contributed by atoms with Gasteiger partial charge in [-0.2, -0.15) is 4.31 Å². The molecule has 0 bridgehead atoms. The predicted octanol–water partition coefficient (Wildman–Crippen LogP) is 3.66. The minimum atomic E-state index is -3.65. The molecule has 1 aliphatic rings. The van der Waals surface area contributed by atoms with Crippen molar-refractivity contribution in [3.63, 3.8) is 0 Å². The number of sulfonamides is 1. The average molecular weight is 537 g/mol. The quantitative estimate of drug-likeness (QED) is 0.535. The van der Waals surface area contributed by atoms with E-state index in [1.165, 1.54) is 16.4 Å². The van der Waals surface area contributed by atoms with Crippen LogP contribution < -0.4 is 10.2 Å². The number of nitrogens with one attached hydrogen (secondary N) is 1. The van der Waals surface area contributed by atoms with Gasteiger partial charge in [0.1, 0.15) is 5.82 Å². The van der Waals surface area contributed by atoms with Crippen molar-refractivity contribution < 1.29 is 13.2 Å². The molecule has 1 N–H and O–H groups in total. The Hall–Kier alpha value is -2.53. The maximum atomic E-state index is 13.0. The van der Waals surface area contributed by atoms with Gasteiger partial charge < -0.3 is 10.2 Å². The van der Waals surface area contributed by atoms with E-state index in [1.54, 1.807) is 48.9 Å². The minimum Gasteiger partial charge on any atom is -0.353 e. The lowest BCUT2D eigenvalue weighted by molar-refractivity contribution is 0.102. The van der Waals surface area contributed by atoms with Gasteiger partial charge in [0, 0.05) is 48.7 Å². The first-order valence-electron chi connectivity index (χ1n) is 9.72. The van der Waals surface area contributed by atoms with Gasteiger partial charge in [0.2, 0.25) is 10.0 Å². The Morgan fingerprint density at radius 3 is 2.41 bits per heavy atom. The molecular weight excluding hydrogens is 518 g/mol. The summed E-state index contributed by atoms with van der Waals surface area (Å²) in [5.41, 5.74) is 0.788. The van der Waals surface area contributed by atoms with E-state index in [2.05, 4.69) is 31.2 Å². The summed E-state index contributed by atoms with van der Waals surface area (Å²) in [7, 11) is -3.65. The van der Waals surface area contributed by atoms with Gasteiger partial charge in [-0.1, -0.05) is 27.5 Å². The molecule has 8 nitrogen and oxygen atoms in total. The SMILES string of the molecule is O=C(Nc1ccc(S(=O)(=O)N2CCN(c3cnccn3)CC2)cc1)c1cc(Br)ccc1Cl. The molecule has 0 unspecified atom stereocenters. The summed E-state index contributed by atoms with van der Waals surface area (Å²) in [5.74, 6) is 0.349. The number of carbonyl (C=O) groups is 1. The van der Waals surface area contributed by atoms with Gasteiger partial charge in [0.05, 0.1) is 21.7 Å². The van der Waals surface area contributed by atoms with Crippen molar-refractivity contribution >= 4 is 55.0 Å². The molecule has 1 aliphatic heterocycles. The van der Waals surface area contributed by atoms with E-state index in [9.17, 15) is 13.2 Å². The second kappa shape index (κ2) is 9.53. The number of carbonyl (C=O) groups excluding carboxylic acids is 1. The molecule has 2 heterocycles. The molecule has 1 aromatic heterocycles. The highest BCUT2D eigenvalue weighted by atomic mass is 79.9. The maximum Gasteiger partial charge on any atom is 0.257 e. The van der Waals surface area contributed by atoms with Gasteiger partial charge >= 0.3 is 0 Å². The minimum absolute atomic E-state index is 0.170. The van der Waals surface area contributed by atoms with E-state index in [0.717, 1.165) is 10.3 Å². The Bertz CT molecular complexity index is 1220. The third-order valence-electron chi connectivity index (χ3n) is 5.04. The summed E-state index contributed by atoms with van der Waals surface area (Å²) in [6.45, 7) is 1.75. The molecule has 166 valence electrons. The highest BCUT2D eigenvalue weighted by Gasteiger charge is 2.29. The molecule has 1 saturated heterocycles. The van der Waals surface area contributed by atoms with Crippen molar-refractivity contribution in [2.24, 2.45) is 0 Å². The summed E-state index contributed by atoms with van der Waals surface area (Å²) in [5, 5.41) is 3.06. The first kappa shape index (κ1) is 22.7. The lowest BCUT2D eigenvalue weighted by Crippen LogP contribution is -2.48. The van der Waals surface area contributed by atoms with Gasteiger partial charge in [-0.25, -0.2) is 13.4 Å². The summed E-state index contributed by atoms with van der Waals surface area (Å²) in [6, 6.07) is 11.1. The van der Waals surface area contributed by atoms with Crippen LogP contribution in [0.15, 0.2) is 70.4 Å². The number of halogens is 2. The van der Waals surface area contributed by atoms with Crippen LogP contribution in [-0.4, -0.2) is 54.8 Å². The van der Waals surface area contributed by atoms with Crippen LogP contribution in [-0.2, 0) is 10.0 Å². The molecule has 4 rings (SSSR count). The zero-order chi connectivity index (χ0) is 22.7. The monoisotopic (exact) mass is 535 g/mol. The zero-order valence-corrected chi connectivity index (χ0v) is 19.9. The van der Waals surface area contributed by atoms with Crippen molar-refractivity contribution in [1.29, 1.82) is 0 Å². The fourth-order valence-electron chi connectivity index (χ4n) is 3.34. The molecule has 11 heteroatoms. The standard InChI is InChI=1S/C21H19BrClN5O3S/c22-15-1-6-19(23)18(13-15)21(29)26-16-2-4-17(5-3-16)32(30,31)28-11-9-27(10-12-28)20-14-24-7-8-25-20/h1-8,13-14H,9-12H2,(H,26,29). The Morgan fingerprint density at radius 1 is 1.03 bits per heavy atom. The number of benzene rings is 2. The first-order chi connectivity index (χ1) is 15.3. The van der Waals surface area contributed by atoms with Crippen LogP contribution in [0.3, 0.4) is 0 Å². The molecule has 1 amide bonds. The van der Waals surface area contributed by atoms with Crippen LogP contribution in [0.25, 0.3) is 0 Å². The van der Waals surface area contributed by atoms with Crippen LogP contribution in [0.1, 0.15) is 10.4 Å². The second-order valence-corrected chi connectivity index (χ2v) is 10.3. The highest BCUT2D eigenvalue weighted by molar-refractivity contribution is 9.10. The Kier molecular flexibility index (Phi) is 6.75. The van der Waals surface area contributed by atoms with Crippen molar-refractivity contribution in [2.45, 2.75) is 4.90 Å². The van der Waals surface area contributed by atoms with E-state index in [0.29, 0.717) is 42.5 Å². The van der Waals surface area contributed by atoms with E-state index in [4.69, 9.17) is 11.6 Å². The predicted molar refractivity (Wildman–Crippen MR) is 127 cm³/mol. The second-order valence-electron chi connectivity index (χ2n) is 7.06. The summed E-state index contributed by atoms with van der Waals surface area (Å²) >= 11 is 9.42. The van der Waals surface area contributed by atoms with Crippen LogP contribution >= 0.6 is 27.5 Å². The summed E-state index contributed by atoms with van der Waals surface area (Å²) in [4.78, 5) is 23.0. The van der Waals surface area contributed by atoms with E-state index in [1.807, 2.05) is 4.90 Å². The van der Waals surface area contributed by atoms with Gasteiger partial charge in [0.15, 0.2) is 0 Å². The Morgan fingerprint density at radius 2 is 1.75 bits per heavy atom. The zero-order valence-electron chi connectivity index (χ0n) is 16.8. The maximum absolute atomic E-state index is 13.0. The molecule has 3 aromatic rings. The number of anilines is 2. The van der Waals surface area contributed by atoms with Crippen molar-refractivity contribution in [3.8, 4) is 0 Å². The number of hydrogen-bond acceptors (Lipinski definition) is 6. The van der Waals surface area contributed by atoms with E-state index in [-0.39, 0.29) is 10.8 Å². The van der Waals surface area contributed by atoms with Crippen LogP contribution in [0.4, 0.5) is 11.5 Å². The van der Waals surface area contributed by atoms with Crippen molar-refractivity contribution in [1.82, 2.24) is 14.3 Å². The van der Waals surface area contributed by atoms with Gasteiger partial charge in [-0.3, -0.25) is 9.78 Å². The topological polar surface area (TPSA) is 95.5 Å². The van der Waals surface area contributed by atoms with Crippen molar-refractivity contribution in [3.05, 3.63) is 76.1 Å². The van der Waals surface area contributed by atoms with Crippen LogP contribution in [0.2, 0.25) is 5.02 Å². The third-order valence-corrected chi connectivity index (χ3v) is 7.77. The molecule has 2 aromatic carbocycles. The molecule has 32 heavy (non-hydrogen) atoms. The van der Waals surface area contributed by atoms with E-state index < -0.39 is 10.0 Å². The van der Waals surface area contributed by atoms with Gasteiger partial charge in [-0.05, 0) is 42.5 Å². The lowest BCUT2D eigenvalue weighted by Gasteiger charge is -2.34. The number of rotatable bonds is 5. The number of amides is 1. The third kappa shape index (κ3) is 4.93. The van der Waals surface area contributed by atoms with Gasteiger partial charge in [0.25, 0.3) is 5.91 Å².